The van der Waals surface area contributed by atoms with Gasteiger partial charge in [-0.25, -0.2) is 0 Å². The summed E-state index contributed by atoms with van der Waals surface area (Å²) in [7, 11) is 0. The molecule has 2 aromatic carbocycles. The molecule has 2 aromatic rings. The van der Waals surface area contributed by atoms with Gasteiger partial charge in [-0.2, -0.15) is 0 Å². The standard InChI is InChI=1S/C15H15ClN2O/c16-13-8-6-12(7-9-13)14(17)15(19)18-10-11-4-2-1-3-5-11/h1-9,14H,10,17H2,(H,18,19)/t14-/m0/s1. The third-order valence-corrected chi connectivity index (χ3v) is 3.07. The molecule has 3 N–H and O–H groups in total. The molecule has 3 nitrogen and oxygen atoms in total. The van der Waals surface area contributed by atoms with Crippen molar-refractivity contribution in [3.63, 3.8) is 0 Å². The Morgan fingerprint density at radius 3 is 2.37 bits per heavy atom. The minimum absolute atomic E-state index is 0.203. The highest BCUT2D eigenvalue weighted by molar-refractivity contribution is 6.30. The molecule has 19 heavy (non-hydrogen) atoms. The minimum atomic E-state index is -0.680. The van der Waals surface area contributed by atoms with Crippen molar-refractivity contribution in [1.29, 1.82) is 0 Å². The average Bonchev–Trinajstić information content (AvgIpc) is 2.46. The first kappa shape index (κ1) is 13.6. The predicted octanol–water partition coefficient (Wildman–Crippen LogP) is 2.66. The van der Waals surface area contributed by atoms with Gasteiger partial charge in [0.2, 0.25) is 5.91 Å². The number of hydrogen-bond acceptors (Lipinski definition) is 2. The molecule has 0 heterocycles. The Kier molecular flexibility index (Phi) is 4.55. The van der Waals surface area contributed by atoms with Gasteiger partial charge in [-0.05, 0) is 23.3 Å². The lowest BCUT2D eigenvalue weighted by Gasteiger charge is -2.12. The molecule has 0 aliphatic carbocycles. The highest BCUT2D eigenvalue weighted by Crippen LogP contribution is 2.15. The molecule has 2 rings (SSSR count). The number of rotatable bonds is 4. The highest BCUT2D eigenvalue weighted by Gasteiger charge is 2.14. The number of benzene rings is 2. The number of amides is 1. The summed E-state index contributed by atoms with van der Waals surface area (Å²) < 4.78 is 0. The molecular weight excluding hydrogens is 260 g/mol. The van der Waals surface area contributed by atoms with Crippen LogP contribution in [0.2, 0.25) is 5.02 Å². The van der Waals surface area contributed by atoms with E-state index in [-0.39, 0.29) is 5.91 Å². The van der Waals surface area contributed by atoms with Crippen LogP contribution in [0.1, 0.15) is 17.2 Å². The molecule has 0 spiro atoms. The number of halogens is 1. The van der Waals surface area contributed by atoms with E-state index in [1.807, 2.05) is 30.3 Å². The topological polar surface area (TPSA) is 55.1 Å². The second kappa shape index (κ2) is 6.36. The lowest BCUT2D eigenvalue weighted by atomic mass is 10.1. The van der Waals surface area contributed by atoms with E-state index in [0.717, 1.165) is 11.1 Å². The van der Waals surface area contributed by atoms with E-state index >= 15 is 0 Å². The Labute approximate surface area is 117 Å². The number of nitrogens with one attached hydrogen (secondary N) is 1. The molecule has 0 unspecified atom stereocenters. The number of carbonyl (C=O) groups excluding carboxylic acids is 1. The second-order valence-electron chi connectivity index (χ2n) is 4.23. The summed E-state index contributed by atoms with van der Waals surface area (Å²) in [5.41, 5.74) is 7.68. The van der Waals surface area contributed by atoms with Gasteiger partial charge in [0.1, 0.15) is 6.04 Å². The summed E-state index contributed by atoms with van der Waals surface area (Å²) in [6, 6.07) is 16.0. The van der Waals surface area contributed by atoms with Crippen molar-refractivity contribution < 1.29 is 4.79 Å². The summed E-state index contributed by atoms with van der Waals surface area (Å²) in [6.45, 7) is 0.473. The molecule has 0 fully saturated rings. The zero-order chi connectivity index (χ0) is 13.7. The summed E-state index contributed by atoms with van der Waals surface area (Å²) in [5.74, 6) is -0.203. The smallest absolute Gasteiger partial charge is 0.241 e. The van der Waals surface area contributed by atoms with E-state index in [4.69, 9.17) is 17.3 Å². The van der Waals surface area contributed by atoms with Crippen molar-refractivity contribution in [3.8, 4) is 0 Å². The van der Waals surface area contributed by atoms with Crippen LogP contribution in [-0.2, 0) is 11.3 Å². The molecule has 1 atom stereocenters. The van der Waals surface area contributed by atoms with Crippen molar-refractivity contribution >= 4 is 17.5 Å². The molecule has 0 saturated heterocycles. The molecule has 0 aliphatic rings. The highest BCUT2D eigenvalue weighted by atomic mass is 35.5. The maximum absolute atomic E-state index is 11.9. The van der Waals surface area contributed by atoms with Crippen LogP contribution in [0.25, 0.3) is 0 Å². The maximum atomic E-state index is 11.9. The zero-order valence-corrected chi connectivity index (χ0v) is 11.1. The van der Waals surface area contributed by atoms with Crippen molar-refractivity contribution in [2.45, 2.75) is 12.6 Å². The van der Waals surface area contributed by atoms with Crippen molar-refractivity contribution in [3.05, 3.63) is 70.7 Å². The first-order valence-corrected chi connectivity index (χ1v) is 6.37. The second-order valence-corrected chi connectivity index (χ2v) is 4.67. The molecule has 0 radical (unpaired) electrons. The van der Waals surface area contributed by atoms with Crippen LogP contribution in [0.4, 0.5) is 0 Å². The Hall–Kier alpha value is -1.84. The largest absolute Gasteiger partial charge is 0.350 e. The van der Waals surface area contributed by atoms with E-state index in [2.05, 4.69) is 5.32 Å². The fourth-order valence-corrected chi connectivity index (χ4v) is 1.84. The maximum Gasteiger partial charge on any atom is 0.241 e. The first-order valence-electron chi connectivity index (χ1n) is 5.99. The van der Waals surface area contributed by atoms with Gasteiger partial charge < -0.3 is 11.1 Å². The Balaban J connectivity index is 1.94. The van der Waals surface area contributed by atoms with Crippen LogP contribution in [0.3, 0.4) is 0 Å². The summed E-state index contributed by atoms with van der Waals surface area (Å²) >= 11 is 5.80. The third-order valence-electron chi connectivity index (χ3n) is 2.82. The lowest BCUT2D eigenvalue weighted by Crippen LogP contribution is -2.33. The van der Waals surface area contributed by atoms with Crippen molar-refractivity contribution in [2.24, 2.45) is 5.73 Å². The van der Waals surface area contributed by atoms with Gasteiger partial charge in [-0.1, -0.05) is 54.1 Å². The van der Waals surface area contributed by atoms with E-state index in [9.17, 15) is 4.79 Å². The molecule has 1 amide bonds. The third kappa shape index (κ3) is 3.81. The molecule has 0 aromatic heterocycles. The zero-order valence-electron chi connectivity index (χ0n) is 10.3. The van der Waals surface area contributed by atoms with Gasteiger partial charge in [0.05, 0.1) is 0 Å². The van der Waals surface area contributed by atoms with Gasteiger partial charge in [0, 0.05) is 11.6 Å². The monoisotopic (exact) mass is 274 g/mol. The lowest BCUT2D eigenvalue weighted by molar-refractivity contribution is -0.122. The Morgan fingerprint density at radius 2 is 1.74 bits per heavy atom. The molecular formula is C15H15ClN2O. The fraction of sp³-hybridized carbons (Fsp3) is 0.133. The average molecular weight is 275 g/mol. The van der Waals surface area contributed by atoms with Gasteiger partial charge in [-0.3, -0.25) is 4.79 Å². The van der Waals surface area contributed by atoms with E-state index in [0.29, 0.717) is 11.6 Å². The minimum Gasteiger partial charge on any atom is -0.350 e. The van der Waals surface area contributed by atoms with Gasteiger partial charge in [0.15, 0.2) is 0 Å². The molecule has 0 saturated carbocycles. The molecule has 98 valence electrons. The summed E-state index contributed by atoms with van der Waals surface area (Å²) in [6.07, 6.45) is 0. The van der Waals surface area contributed by atoms with Crippen molar-refractivity contribution in [1.82, 2.24) is 5.32 Å². The SMILES string of the molecule is N[C@H](C(=O)NCc1ccccc1)c1ccc(Cl)cc1. The van der Waals surface area contributed by atoms with Crippen LogP contribution in [-0.4, -0.2) is 5.91 Å². The van der Waals surface area contributed by atoms with E-state index in [1.165, 1.54) is 0 Å². The van der Waals surface area contributed by atoms with Crippen LogP contribution in [0, 0.1) is 0 Å². The van der Waals surface area contributed by atoms with E-state index in [1.54, 1.807) is 24.3 Å². The number of carbonyl (C=O) groups is 1. The van der Waals surface area contributed by atoms with Gasteiger partial charge >= 0.3 is 0 Å². The predicted molar refractivity (Wildman–Crippen MR) is 76.7 cm³/mol. The first-order chi connectivity index (χ1) is 9.16. The van der Waals surface area contributed by atoms with Crippen molar-refractivity contribution in [2.75, 3.05) is 0 Å². The van der Waals surface area contributed by atoms with Crippen LogP contribution >= 0.6 is 11.6 Å². The quantitative estimate of drug-likeness (QED) is 0.901. The normalized spacial score (nSPS) is 11.9. The molecule has 0 bridgehead atoms. The van der Waals surface area contributed by atoms with Crippen LogP contribution in [0.15, 0.2) is 54.6 Å². The van der Waals surface area contributed by atoms with Gasteiger partial charge in [-0.15, -0.1) is 0 Å². The summed E-state index contributed by atoms with van der Waals surface area (Å²) in [5, 5.41) is 3.44. The Morgan fingerprint density at radius 1 is 1.11 bits per heavy atom. The fourth-order valence-electron chi connectivity index (χ4n) is 1.72. The Bertz CT molecular complexity index is 540. The van der Waals surface area contributed by atoms with Crippen LogP contribution < -0.4 is 11.1 Å². The number of nitrogens with two attached hydrogens (primary N) is 1. The summed E-state index contributed by atoms with van der Waals surface area (Å²) in [4.78, 5) is 11.9. The number of hydrogen-bond donors (Lipinski definition) is 2. The van der Waals surface area contributed by atoms with E-state index < -0.39 is 6.04 Å². The molecule has 4 heteroatoms. The van der Waals surface area contributed by atoms with Crippen LogP contribution in [0.5, 0.6) is 0 Å². The molecule has 0 aliphatic heterocycles. The van der Waals surface area contributed by atoms with Gasteiger partial charge in [0.25, 0.3) is 0 Å².